The first-order valence-corrected chi connectivity index (χ1v) is 5.30. The third kappa shape index (κ3) is 1.90. The highest BCUT2D eigenvalue weighted by atomic mass is 16.5. The molecule has 0 aromatic heterocycles. The Hall–Kier alpha value is -1.02. The van der Waals surface area contributed by atoms with E-state index >= 15 is 0 Å². The van der Waals surface area contributed by atoms with Crippen LogP contribution in [0.25, 0.3) is 0 Å². The van der Waals surface area contributed by atoms with Gasteiger partial charge in [-0.25, -0.2) is 0 Å². The van der Waals surface area contributed by atoms with E-state index in [1.807, 2.05) is 7.05 Å². The lowest BCUT2D eigenvalue weighted by molar-refractivity contribution is 0.287. The Labute approximate surface area is 85.3 Å². The summed E-state index contributed by atoms with van der Waals surface area (Å²) in [4.78, 5) is 0. The smallest absolute Gasteiger partial charge is 0.122 e. The van der Waals surface area contributed by atoms with Crippen LogP contribution in [0, 0.1) is 0 Å². The lowest BCUT2D eigenvalue weighted by atomic mass is 9.98. The van der Waals surface area contributed by atoms with Crippen molar-refractivity contribution >= 4 is 0 Å². The molecule has 0 atom stereocenters. The average Bonchev–Trinajstić information content (AvgIpc) is 2.26. The van der Waals surface area contributed by atoms with Crippen molar-refractivity contribution in [3.63, 3.8) is 0 Å². The van der Waals surface area contributed by atoms with E-state index in [0.717, 1.165) is 31.7 Å². The van der Waals surface area contributed by atoms with E-state index in [9.17, 15) is 0 Å². The van der Waals surface area contributed by atoms with Crippen LogP contribution in [0.3, 0.4) is 0 Å². The molecule has 0 spiro atoms. The molecule has 2 nitrogen and oxygen atoms in total. The van der Waals surface area contributed by atoms with Gasteiger partial charge < -0.3 is 10.1 Å². The van der Waals surface area contributed by atoms with Gasteiger partial charge in [-0.2, -0.15) is 0 Å². The fourth-order valence-corrected chi connectivity index (χ4v) is 1.96. The van der Waals surface area contributed by atoms with Gasteiger partial charge in [0, 0.05) is 0 Å². The number of benzene rings is 1. The standard InChI is InChI=1S/C12H17NO/c1-13-8-7-10-4-2-6-12-11(10)5-3-9-14-12/h2,4,6,13H,3,5,7-9H2,1H3. The molecule has 0 unspecified atom stereocenters. The molecular weight excluding hydrogens is 174 g/mol. The summed E-state index contributed by atoms with van der Waals surface area (Å²) in [6.45, 7) is 1.92. The topological polar surface area (TPSA) is 21.3 Å². The van der Waals surface area contributed by atoms with Crippen LogP contribution in [0.2, 0.25) is 0 Å². The largest absolute Gasteiger partial charge is 0.493 e. The Kier molecular flexibility index (Phi) is 3.04. The molecule has 1 aromatic rings. The maximum Gasteiger partial charge on any atom is 0.122 e. The molecule has 1 aromatic carbocycles. The van der Waals surface area contributed by atoms with Crippen molar-refractivity contribution in [2.75, 3.05) is 20.2 Å². The van der Waals surface area contributed by atoms with Crippen molar-refractivity contribution in [3.05, 3.63) is 29.3 Å². The summed E-state index contributed by atoms with van der Waals surface area (Å²) in [6.07, 6.45) is 3.43. The molecule has 0 fully saturated rings. The molecule has 2 rings (SSSR count). The summed E-state index contributed by atoms with van der Waals surface area (Å²) < 4.78 is 5.62. The number of hydrogen-bond acceptors (Lipinski definition) is 2. The zero-order chi connectivity index (χ0) is 9.80. The molecule has 76 valence electrons. The van der Waals surface area contributed by atoms with Gasteiger partial charge in [-0.05, 0) is 50.0 Å². The van der Waals surface area contributed by atoms with Gasteiger partial charge in [0.25, 0.3) is 0 Å². The van der Waals surface area contributed by atoms with Gasteiger partial charge in [-0.15, -0.1) is 0 Å². The fourth-order valence-electron chi connectivity index (χ4n) is 1.96. The Morgan fingerprint density at radius 3 is 3.21 bits per heavy atom. The van der Waals surface area contributed by atoms with Crippen molar-refractivity contribution in [2.24, 2.45) is 0 Å². The molecule has 0 radical (unpaired) electrons. The second kappa shape index (κ2) is 4.47. The van der Waals surface area contributed by atoms with E-state index in [-0.39, 0.29) is 0 Å². The van der Waals surface area contributed by atoms with Crippen LogP contribution >= 0.6 is 0 Å². The summed E-state index contributed by atoms with van der Waals surface area (Å²) in [6, 6.07) is 6.39. The van der Waals surface area contributed by atoms with Crippen molar-refractivity contribution in [2.45, 2.75) is 19.3 Å². The molecule has 0 amide bonds. The molecule has 1 heterocycles. The second-order valence-electron chi connectivity index (χ2n) is 3.70. The van der Waals surface area contributed by atoms with Crippen LogP contribution in [0.5, 0.6) is 5.75 Å². The molecule has 0 saturated heterocycles. The zero-order valence-corrected chi connectivity index (χ0v) is 8.68. The van der Waals surface area contributed by atoms with Crippen molar-refractivity contribution in [1.82, 2.24) is 5.32 Å². The second-order valence-corrected chi connectivity index (χ2v) is 3.70. The van der Waals surface area contributed by atoms with Crippen LogP contribution in [0.4, 0.5) is 0 Å². The minimum absolute atomic E-state index is 0.877. The molecule has 0 bridgehead atoms. The van der Waals surface area contributed by atoms with E-state index in [1.165, 1.54) is 17.5 Å². The van der Waals surface area contributed by atoms with E-state index in [0.29, 0.717) is 0 Å². The van der Waals surface area contributed by atoms with Crippen molar-refractivity contribution in [3.8, 4) is 5.75 Å². The minimum atomic E-state index is 0.877. The fraction of sp³-hybridized carbons (Fsp3) is 0.500. The number of hydrogen-bond donors (Lipinski definition) is 1. The number of nitrogens with one attached hydrogen (secondary N) is 1. The Morgan fingerprint density at radius 2 is 2.36 bits per heavy atom. The molecule has 2 heteroatoms. The number of rotatable bonds is 3. The summed E-state index contributed by atoms with van der Waals surface area (Å²) in [5.41, 5.74) is 2.87. The van der Waals surface area contributed by atoms with Gasteiger partial charge in [0.15, 0.2) is 0 Å². The van der Waals surface area contributed by atoms with E-state index in [2.05, 4.69) is 23.5 Å². The summed E-state index contributed by atoms with van der Waals surface area (Å²) in [5, 5.41) is 3.18. The lowest BCUT2D eigenvalue weighted by Gasteiger charge is -2.20. The SMILES string of the molecule is CNCCc1cccc2c1CCCO2. The van der Waals surface area contributed by atoms with Crippen molar-refractivity contribution in [1.29, 1.82) is 0 Å². The number of fused-ring (bicyclic) bond motifs is 1. The predicted octanol–water partition coefficient (Wildman–Crippen LogP) is 1.77. The Morgan fingerprint density at radius 1 is 1.43 bits per heavy atom. The third-order valence-electron chi connectivity index (χ3n) is 2.70. The van der Waals surface area contributed by atoms with Crippen molar-refractivity contribution < 1.29 is 4.74 Å². The monoisotopic (exact) mass is 191 g/mol. The van der Waals surface area contributed by atoms with Crippen LogP contribution < -0.4 is 10.1 Å². The molecule has 1 aliphatic heterocycles. The van der Waals surface area contributed by atoms with Crippen LogP contribution in [0.1, 0.15) is 17.5 Å². The third-order valence-corrected chi connectivity index (χ3v) is 2.70. The number of likely N-dealkylation sites (N-methyl/N-ethyl adjacent to an activating group) is 1. The maximum atomic E-state index is 5.62. The Bertz CT molecular complexity index is 309. The zero-order valence-electron chi connectivity index (χ0n) is 8.68. The van der Waals surface area contributed by atoms with Crippen LogP contribution in [0.15, 0.2) is 18.2 Å². The summed E-state index contributed by atoms with van der Waals surface area (Å²) in [5.74, 6) is 1.10. The number of ether oxygens (including phenoxy) is 1. The van der Waals surface area contributed by atoms with Crippen LogP contribution in [-0.4, -0.2) is 20.2 Å². The first-order chi connectivity index (χ1) is 6.92. The minimum Gasteiger partial charge on any atom is -0.493 e. The van der Waals surface area contributed by atoms with Gasteiger partial charge in [0.2, 0.25) is 0 Å². The molecular formula is C12H17NO. The van der Waals surface area contributed by atoms with Gasteiger partial charge >= 0.3 is 0 Å². The molecule has 1 N–H and O–H groups in total. The van der Waals surface area contributed by atoms with E-state index in [1.54, 1.807) is 0 Å². The van der Waals surface area contributed by atoms with Crippen LogP contribution in [-0.2, 0) is 12.8 Å². The molecule has 14 heavy (non-hydrogen) atoms. The van der Waals surface area contributed by atoms with Gasteiger partial charge in [0.05, 0.1) is 6.61 Å². The highest BCUT2D eigenvalue weighted by Crippen LogP contribution is 2.27. The first-order valence-electron chi connectivity index (χ1n) is 5.30. The first kappa shape index (κ1) is 9.53. The Balaban J connectivity index is 2.21. The van der Waals surface area contributed by atoms with E-state index < -0.39 is 0 Å². The maximum absolute atomic E-state index is 5.62. The molecule has 1 aliphatic rings. The summed E-state index contributed by atoms with van der Waals surface area (Å²) >= 11 is 0. The lowest BCUT2D eigenvalue weighted by Crippen LogP contribution is -2.14. The quantitative estimate of drug-likeness (QED) is 0.786. The average molecular weight is 191 g/mol. The molecule has 0 aliphatic carbocycles. The van der Waals surface area contributed by atoms with Gasteiger partial charge in [-0.3, -0.25) is 0 Å². The van der Waals surface area contributed by atoms with Gasteiger partial charge in [-0.1, -0.05) is 12.1 Å². The highest BCUT2D eigenvalue weighted by Gasteiger charge is 2.12. The van der Waals surface area contributed by atoms with Gasteiger partial charge in [0.1, 0.15) is 5.75 Å². The summed E-state index contributed by atoms with van der Waals surface area (Å²) in [7, 11) is 1.99. The molecule has 0 saturated carbocycles. The normalized spacial score (nSPS) is 14.6. The predicted molar refractivity (Wildman–Crippen MR) is 57.9 cm³/mol. The highest BCUT2D eigenvalue weighted by molar-refractivity contribution is 5.41. The van der Waals surface area contributed by atoms with E-state index in [4.69, 9.17) is 4.74 Å².